The highest BCUT2D eigenvalue weighted by Crippen LogP contribution is 2.21. The largest absolute Gasteiger partial charge is 0.481 e. The van der Waals surface area contributed by atoms with Crippen LogP contribution in [0.25, 0.3) is 0 Å². The first-order valence-electron chi connectivity index (χ1n) is 6.61. The van der Waals surface area contributed by atoms with Gasteiger partial charge in [0.2, 0.25) is 0 Å². The van der Waals surface area contributed by atoms with Gasteiger partial charge in [-0.2, -0.15) is 5.26 Å². The number of nitrogens with zero attached hydrogens (tertiary/aromatic N) is 2. The first-order chi connectivity index (χ1) is 9.60. The molecule has 5 heteroatoms. The number of hydrogen-bond donors (Lipinski definition) is 1. The van der Waals surface area contributed by atoms with Gasteiger partial charge in [-0.05, 0) is 43.0 Å². The van der Waals surface area contributed by atoms with Crippen LogP contribution in [0.5, 0.6) is 0 Å². The second kappa shape index (κ2) is 6.20. The smallest absolute Gasteiger partial charge is 0.303 e. The number of carbonyl (C=O) groups is 2. The quantitative estimate of drug-likeness (QED) is 0.911. The summed E-state index contributed by atoms with van der Waals surface area (Å²) in [6.07, 6.45) is 1.79. The Morgan fingerprint density at radius 3 is 2.65 bits per heavy atom. The van der Waals surface area contributed by atoms with Crippen LogP contribution in [0.1, 0.15) is 35.2 Å². The van der Waals surface area contributed by atoms with E-state index in [2.05, 4.69) is 0 Å². The number of rotatable bonds is 3. The molecule has 0 aromatic heterocycles. The normalized spacial score (nSPS) is 18.4. The molecule has 0 saturated carbocycles. The number of likely N-dealkylation sites (tertiary alicyclic amines) is 1. The topological polar surface area (TPSA) is 81.4 Å². The first-order valence-corrected chi connectivity index (χ1v) is 6.61. The summed E-state index contributed by atoms with van der Waals surface area (Å²) >= 11 is 0. The Kier molecular flexibility index (Phi) is 4.36. The van der Waals surface area contributed by atoms with Gasteiger partial charge in [-0.3, -0.25) is 9.59 Å². The van der Waals surface area contributed by atoms with Crippen LogP contribution < -0.4 is 0 Å². The van der Waals surface area contributed by atoms with E-state index in [1.54, 1.807) is 29.2 Å². The van der Waals surface area contributed by atoms with Gasteiger partial charge in [-0.15, -0.1) is 0 Å². The Labute approximate surface area is 117 Å². The molecule has 1 N–H and O–H groups in total. The van der Waals surface area contributed by atoms with Gasteiger partial charge in [0.1, 0.15) is 0 Å². The lowest BCUT2D eigenvalue weighted by atomic mass is 9.94. The highest BCUT2D eigenvalue weighted by Gasteiger charge is 2.25. The predicted octanol–water partition coefficient (Wildman–Crippen LogP) is 1.89. The molecule has 0 radical (unpaired) electrons. The Balaban J connectivity index is 2.04. The molecule has 5 nitrogen and oxygen atoms in total. The summed E-state index contributed by atoms with van der Waals surface area (Å²) in [5.74, 6) is -0.879. The highest BCUT2D eigenvalue weighted by atomic mass is 16.4. The fourth-order valence-electron chi connectivity index (χ4n) is 2.53. The predicted molar refractivity (Wildman–Crippen MR) is 72.0 cm³/mol. The van der Waals surface area contributed by atoms with Gasteiger partial charge in [0.15, 0.2) is 0 Å². The number of carboxylic acids is 1. The van der Waals surface area contributed by atoms with E-state index in [1.165, 1.54) is 0 Å². The highest BCUT2D eigenvalue weighted by molar-refractivity contribution is 5.94. The van der Waals surface area contributed by atoms with Crippen LogP contribution in [0.15, 0.2) is 24.3 Å². The van der Waals surface area contributed by atoms with Crippen LogP contribution in [0.2, 0.25) is 0 Å². The van der Waals surface area contributed by atoms with E-state index in [1.807, 2.05) is 6.07 Å². The maximum Gasteiger partial charge on any atom is 0.303 e. The summed E-state index contributed by atoms with van der Waals surface area (Å²) in [6.45, 7) is 1.15. The molecule has 1 unspecified atom stereocenters. The molecule has 0 bridgehead atoms. The molecule has 1 saturated heterocycles. The molecule has 20 heavy (non-hydrogen) atoms. The molecule has 1 fully saturated rings. The fraction of sp³-hybridized carbons (Fsp3) is 0.400. The number of aliphatic carboxylic acids is 1. The zero-order valence-electron chi connectivity index (χ0n) is 11.1. The number of carboxylic acid groups (broad SMARTS) is 1. The molecule has 1 aromatic carbocycles. The van der Waals surface area contributed by atoms with E-state index < -0.39 is 5.97 Å². The molecule has 0 spiro atoms. The maximum atomic E-state index is 12.3. The van der Waals surface area contributed by atoms with Crippen molar-refractivity contribution in [1.82, 2.24) is 4.90 Å². The SMILES string of the molecule is N#Cc1ccc(C(=O)N2CCCC(CC(=O)O)C2)cc1. The maximum absolute atomic E-state index is 12.3. The van der Waals surface area contributed by atoms with E-state index >= 15 is 0 Å². The third-order valence-electron chi connectivity index (χ3n) is 3.53. The lowest BCUT2D eigenvalue weighted by Crippen LogP contribution is -2.40. The van der Waals surface area contributed by atoms with Crippen LogP contribution in [-0.4, -0.2) is 35.0 Å². The van der Waals surface area contributed by atoms with Crippen LogP contribution in [0, 0.1) is 17.2 Å². The monoisotopic (exact) mass is 272 g/mol. The van der Waals surface area contributed by atoms with Crippen molar-refractivity contribution in [1.29, 1.82) is 5.26 Å². The number of piperidine rings is 1. The Bertz CT molecular complexity index is 545. The average Bonchev–Trinajstić information content (AvgIpc) is 2.46. The molecule has 104 valence electrons. The van der Waals surface area contributed by atoms with E-state index in [9.17, 15) is 9.59 Å². The molecular weight excluding hydrogens is 256 g/mol. The van der Waals surface area contributed by atoms with E-state index in [4.69, 9.17) is 10.4 Å². The summed E-state index contributed by atoms with van der Waals surface area (Å²) in [6, 6.07) is 8.53. The minimum Gasteiger partial charge on any atom is -0.481 e. The number of carbonyl (C=O) groups excluding carboxylic acids is 1. The number of benzene rings is 1. The van der Waals surface area contributed by atoms with Crippen molar-refractivity contribution in [2.24, 2.45) is 5.92 Å². The number of hydrogen-bond acceptors (Lipinski definition) is 3. The second-order valence-electron chi connectivity index (χ2n) is 5.05. The minimum atomic E-state index is -0.817. The van der Waals surface area contributed by atoms with Gasteiger partial charge < -0.3 is 10.0 Å². The number of nitriles is 1. The summed E-state index contributed by atoms with van der Waals surface area (Å²) < 4.78 is 0. The lowest BCUT2D eigenvalue weighted by molar-refractivity contribution is -0.138. The van der Waals surface area contributed by atoms with Crippen molar-refractivity contribution < 1.29 is 14.7 Å². The molecule has 2 rings (SSSR count). The summed E-state index contributed by atoms with van der Waals surface area (Å²) in [4.78, 5) is 24.8. The minimum absolute atomic E-state index is 0.0311. The van der Waals surface area contributed by atoms with E-state index in [0.717, 1.165) is 12.8 Å². The summed E-state index contributed by atoms with van der Waals surface area (Å²) in [5, 5.41) is 17.6. The van der Waals surface area contributed by atoms with Crippen molar-refractivity contribution in [3.05, 3.63) is 35.4 Å². The summed E-state index contributed by atoms with van der Waals surface area (Å²) in [7, 11) is 0. The lowest BCUT2D eigenvalue weighted by Gasteiger charge is -2.32. The molecule has 1 heterocycles. The van der Waals surface area contributed by atoms with E-state index in [0.29, 0.717) is 24.2 Å². The zero-order chi connectivity index (χ0) is 14.5. The second-order valence-corrected chi connectivity index (χ2v) is 5.05. The summed E-state index contributed by atoms with van der Waals surface area (Å²) in [5.41, 5.74) is 1.06. The van der Waals surface area contributed by atoms with Gasteiger partial charge >= 0.3 is 5.97 Å². The van der Waals surface area contributed by atoms with Crippen molar-refractivity contribution in [2.75, 3.05) is 13.1 Å². The van der Waals surface area contributed by atoms with Crippen molar-refractivity contribution in [3.8, 4) is 6.07 Å². The Hall–Kier alpha value is -2.35. The average molecular weight is 272 g/mol. The molecule has 0 aliphatic carbocycles. The molecule has 1 aliphatic heterocycles. The van der Waals surface area contributed by atoms with Crippen molar-refractivity contribution in [3.63, 3.8) is 0 Å². The van der Waals surface area contributed by atoms with E-state index in [-0.39, 0.29) is 18.2 Å². The van der Waals surface area contributed by atoms with Gasteiger partial charge in [0, 0.05) is 25.1 Å². The third kappa shape index (κ3) is 3.35. The third-order valence-corrected chi connectivity index (χ3v) is 3.53. The first kappa shape index (κ1) is 14.1. The van der Waals surface area contributed by atoms with Crippen LogP contribution in [0.4, 0.5) is 0 Å². The van der Waals surface area contributed by atoms with Gasteiger partial charge in [0.05, 0.1) is 11.6 Å². The molecule has 1 amide bonds. The standard InChI is InChI=1S/C15H16N2O3/c16-9-11-3-5-13(6-4-11)15(20)17-7-1-2-12(10-17)8-14(18)19/h3-6,12H,1-2,7-8,10H2,(H,18,19). The molecule has 1 aliphatic rings. The zero-order valence-corrected chi connectivity index (χ0v) is 11.1. The van der Waals surface area contributed by atoms with Crippen molar-refractivity contribution in [2.45, 2.75) is 19.3 Å². The van der Waals surface area contributed by atoms with Crippen LogP contribution in [0.3, 0.4) is 0 Å². The Morgan fingerprint density at radius 1 is 1.35 bits per heavy atom. The molecule has 1 atom stereocenters. The van der Waals surface area contributed by atoms with Crippen LogP contribution in [-0.2, 0) is 4.79 Å². The van der Waals surface area contributed by atoms with Gasteiger partial charge in [0.25, 0.3) is 5.91 Å². The van der Waals surface area contributed by atoms with Gasteiger partial charge in [-0.25, -0.2) is 0 Å². The molecule has 1 aromatic rings. The van der Waals surface area contributed by atoms with Gasteiger partial charge in [-0.1, -0.05) is 0 Å². The van der Waals surface area contributed by atoms with Crippen molar-refractivity contribution >= 4 is 11.9 Å². The number of amides is 1. The molecular formula is C15H16N2O3. The Morgan fingerprint density at radius 2 is 2.05 bits per heavy atom. The van der Waals surface area contributed by atoms with Crippen LogP contribution >= 0.6 is 0 Å². The fourth-order valence-corrected chi connectivity index (χ4v) is 2.53.